The van der Waals surface area contributed by atoms with Gasteiger partial charge in [0, 0.05) is 32.5 Å². The van der Waals surface area contributed by atoms with Crippen molar-refractivity contribution in [1.29, 1.82) is 0 Å². The summed E-state index contributed by atoms with van der Waals surface area (Å²) in [6.45, 7) is 5.62. The fourth-order valence-corrected chi connectivity index (χ4v) is 4.27. The highest BCUT2D eigenvalue weighted by Crippen LogP contribution is 2.26. The Morgan fingerprint density at radius 3 is 2.51 bits per heavy atom. The molecule has 1 atom stereocenters. The highest BCUT2D eigenvalue weighted by atomic mass is 16.2. The molecule has 1 aromatic heterocycles. The summed E-state index contributed by atoms with van der Waals surface area (Å²) in [6, 6.07) is 14.4. The number of H-pyrrole nitrogens is 1. The van der Waals surface area contributed by atoms with Crippen LogP contribution in [0.2, 0.25) is 0 Å². The standard InChI is InChI=1S/C28H39N5O2/c1-6-23(34)14-8-7-9-15-24(31-27(35)28(2,3)32-33(4)5)26-29-19-25(30-26)22-17-16-20-12-10-11-13-21(20)18-22/h10-13,16-19,24,32H,6-9,14-15H2,1-5H3,(H,29,30)(H,31,35)/t24-/m0/s1. The molecule has 0 radical (unpaired) electrons. The minimum absolute atomic E-state index is 0.0963. The van der Waals surface area contributed by atoms with Crippen LogP contribution in [0.5, 0.6) is 0 Å². The van der Waals surface area contributed by atoms with Crippen molar-refractivity contribution in [2.45, 2.75) is 70.9 Å². The molecular weight excluding hydrogens is 438 g/mol. The second-order valence-electron chi connectivity index (χ2n) is 9.89. The zero-order valence-electron chi connectivity index (χ0n) is 21.6. The van der Waals surface area contributed by atoms with Gasteiger partial charge >= 0.3 is 0 Å². The van der Waals surface area contributed by atoms with E-state index in [-0.39, 0.29) is 11.9 Å². The lowest BCUT2D eigenvalue weighted by Gasteiger charge is -2.30. The number of hydrogen-bond donors (Lipinski definition) is 3. The molecule has 0 bridgehead atoms. The SMILES string of the molecule is CCC(=O)CCCCC[C@H](NC(=O)C(C)(C)NN(C)C)c1ncc(-c2ccc3ccccc3c2)[nH]1. The van der Waals surface area contributed by atoms with Crippen LogP contribution in [0.3, 0.4) is 0 Å². The quantitative estimate of drug-likeness (QED) is 0.234. The third-order valence-corrected chi connectivity index (χ3v) is 6.20. The molecule has 0 aliphatic heterocycles. The number of unbranched alkanes of at least 4 members (excludes halogenated alkanes) is 2. The average Bonchev–Trinajstić information content (AvgIpc) is 3.32. The van der Waals surface area contributed by atoms with Crippen molar-refractivity contribution < 1.29 is 9.59 Å². The van der Waals surface area contributed by atoms with Crippen LogP contribution in [0, 0.1) is 0 Å². The molecule has 0 aliphatic carbocycles. The van der Waals surface area contributed by atoms with Crippen molar-refractivity contribution in [2.24, 2.45) is 0 Å². The zero-order chi connectivity index (χ0) is 25.4. The van der Waals surface area contributed by atoms with E-state index in [1.807, 2.05) is 53.2 Å². The van der Waals surface area contributed by atoms with Gasteiger partial charge in [0.15, 0.2) is 0 Å². The van der Waals surface area contributed by atoms with Crippen LogP contribution in [0.4, 0.5) is 0 Å². The molecular formula is C28H39N5O2. The molecule has 7 nitrogen and oxygen atoms in total. The van der Waals surface area contributed by atoms with Crippen LogP contribution < -0.4 is 10.7 Å². The van der Waals surface area contributed by atoms with Crippen molar-refractivity contribution in [2.75, 3.05) is 14.1 Å². The lowest BCUT2D eigenvalue weighted by Crippen LogP contribution is -2.57. The Hall–Kier alpha value is -3.03. The molecule has 188 valence electrons. The number of nitrogens with one attached hydrogen (secondary N) is 3. The van der Waals surface area contributed by atoms with Crippen molar-refractivity contribution in [1.82, 2.24) is 25.7 Å². The number of rotatable bonds is 13. The minimum Gasteiger partial charge on any atom is -0.345 e. The van der Waals surface area contributed by atoms with E-state index in [0.717, 1.165) is 42.8 Å². The maximum Gasteiger partial charge on any atom is 0.241 e. The summed E-state index contributed by atoms with van der Waals surface area (Å²) >= 11 is 0. The summed E-state index contributed by atoms with van der Waals surface area (Å²) in [5, 5.41) is 7.34. The van der Waals surface area contributed by atoms with Crippen LogP contribution >= 0.6 is 0 Å². The fourth-order valence-electron chi connectivity index (χ4n) is 4.27. The highest BCUT2D eigenvalue weighted by Gasteiger charge is 2.30. The van der Waals surface area contributed by atoms with Gasteiger partial charge < -0.3 is 10.3 Å². The first-order valence-electron chi connectivity index (χ1n) is 12.5. The summed E-state index contributed by atoms with van der Waals surface area (Å²) < 4.78 is 0. The monoisotopic (exact) mass is 477 g/mol. The predicted molar refractivity (Wildman–Crippen MR) is 142 cm³/mol. The Bertz CT molecular complexity index is 1140. The molecule has 3 rings (SSSR count). The number of amides is 1. The van der Waals surface area contributed by atoms with Crippen molar-refractivity contribution in [3.63, 3.8) is 0 Å². The molecule has 0 saturated carbocycles. The normalized spacial score (nSPS) is 12.7. The number of carbonyl (C=O) groups excluding carboxylic acids is 2. The van der Waals surface area contributed by atoms with Crippen LogP contribution in [-0.4, -0.2) is 46.3 Å². The number of nitrogens with zero attached hydrogens (tertiary/aromatic N) is 2. The number of ketones is 1. The number of hydrazine groups is 1. The fraction of sp³-hybridized carbons (Fsp3) is 0.464. The summed E-state index contributed by atoms with van der Waals surface area (Å²) in [7, 11) is 3.74. The molecule has 2 aromatic carbocycles. The Kier molecular flexibility index (Phi) is 9.18. The molecule has 35 heavy (non-hydrogen) atoms. The van der Waals surface area contributed by atoms with Gasteiger partial charge in [-0.1, -0.05) is 56.2 Å². The Morgan fingerprint density at radius 2 is 1.80 bits per heavy atom. The zero-order valence-corrected chi connectivity index (χ0v) is 21.6. The summed E-state index contributed by atoms with van der Waals surface area (Å²) in [6.07, 6.45) is 6.51. The minimum atomic E-state index is -0.775. The van der Waals surface area contributed by atoms with Gasteiger partial charge in [0.1, 0.15) is 17.1 Å². The van der Waals surface area contributed by atoms with Gasteiger partial charge in [-0.15, -0.1) is 0 Å². The maximum atomic E-state index is 13.1. The number of aromatic amines is 1. The Morgan fingerprint density at radius 1 is 1.06 bits per heavy atom. The van der Waals surface area contributed by atoms with Crippen molar-refractivity contribution in [3.05, 3.63) is 54.5 Å². The van der Waals surface area contributed by atoms with Crippen LogP contribution in [0.15, 0.2) is 48.7 Å². The largest absolute Gasteiger partial charge is 0.345 e. The van der Waals surface area contributed by atoms with Crippen LogP contribution in [0.25, 0.3) is 22.0 Å². The number of hydrogen-bond acceptors (Lipinski definition) is 5. The van der Waals surface area contributed by atoms with E-state index in [0.29, 0.717) is 18.6 Å². The van der Waals surface area contributed by atoms with Crippen LogP contribution in [-0.2, 0) is 9.59 Å². The number of fused-ring (bicyclic) bond motifs is 1. The van der Waals surface area contributed by atoms with Gasteiger partial charge in [-0.2, -0.15) is 0 Å². The first kappa shape index (κ1) is 26.6. The van der Waals surface area contributed by atoms with E-state index < -0.39 is 5.54 Å². The Labute approximate surface area is 208 Å². The smallest absolute Gasteiger partial charge is 0.241 e. The third-order valence-electron chi connectivity index (χ3n) is 6.20. The number of imidazole rings is 1. The second-order valence-corrected chi connectivity index (χ2v) is 9.89. The summed E-state index contributed by atoms with van der Waals surface area (Å²) in [5.41, 5.74) is 4.37. The van der Waals surface area contributed by atoms with Gasteiger partial charge in [0.05, 0.1) is 17.9 Å². The Balaban J connectivity index is 1.76. The number of aromatic nitrogens is 2. The summed E-state index contributed by atoms with van der Waals surface area (Å²) in [4.78, 5) is 32.9. The van der Waals surface area contributed by atoms with E-state index in [1.54, 1.807) is 5.01 Å². The topological polar surface area (TPSA) is 90.1 Å². The van der Waals surface area contributed by atoms with E-state index in [2.05, 4.69) is 51.0 Å². The van der Waals surface area contributed by atoms with E-state index >= 15 is 0 Å². The molecule has 0 unspecified atom stereocenters. The number of Topliss-reactive ketones (excluding diaryl/α,β-unsaturated/α-hetero) is 1. The molecule has 1 heterocycles. The summed E-state index contributed by atoms with van der Waals surface area (Å²) in [5.74, 6) is 0.949. The molecule has 7 heteroatoms. The van der Waals surface area contributed by atoms with Gasteiger partial charge in [-0.25, -0.2) is 15.4 Å². The average molecular weight is 478 g/mol. The number of carbonyl (C=O) groups is 2. The molecule has 0 spiro atoms. The third kappa shape index (κ3) is 7.47. The van der Waals surface area contributed by atoms with Crippen molar-refractivity contribution >= 4 is 22.5 Å². The highest BCUT2D eigenvalue weighted by molar-refractivity contribution is 5.87. The van der Waals surface area contributed by atoms with E-state index in [4.69, 9.17) is 0 Å². The van der Waals surface area contributed by atoms with Gasteiger partial charge in [-0.3, -0.25) is 9.59 Å². The molecule has 3 aromatic rings. The lowest BCUT2D eigenvalue weighted by atomic mass is 10.0. The van der Waals surface area contributed by atoms with Crippen molar-refractivity contribution in [3.8, 4) is 11.3 Å². The van der Waals surface area contributed by atoms with Crippen LogP contribution in [0.1, 0.15) is 71.2 Å². The van der Waals surface area contributed by atoms with E-state index in [9.17, 15) is 9.59 Å². The van der Waals surface area contributed by atoms with Gasteiger partial charge in [0.2, 0.25) is 5.91 Å². The lowest BCUT2D eigenvalue weighted by molar-refractivity contribution is -0.129. The molecule has 0 saturated heterocycles. The van der Waals surface area contributed by atoms with Gasteiger partial charge in [0.25, 0.3) is 0 Å². The molecule has 3 N–H and O–H groups in total. The molecule has 0 aliphatic rings. The maximum absolute atomic E-state index is 13.1. The predicted octanol–water partition coefficient (Wildman–Crippen LogP) is 5.16. The first-order chi connectivity index (χ1) is 16.7. The molecule has 0 fully saturated rings. The number of benzene rings is 2. The first-order valence-corrected chi connectivity index (χ1v) is 12.5. The molecule has 1 amide bonds. The second kappa shape index (κ2) is 12.1. The van der Waals surface area contributed by atoms with E-state index in [1.165, 1.54) is 10.8 Å². The van der Waals surface area contributed by atoms with Gasteiger partial charge in [-0.05, 0) is 43.5 Å².